The van der Waals surface area contributed by atoms with Crippen LogP contribution in [0.5, 0.6) is 0 Å². The van der Waals surface area contributed by atoms with Crippen molar-refractivity contribution in [2.24, 2.45) is 5.73 Å². The van der Waals surface area contributed by atoms with Crippen LogP contribution in [0, 0.1) is 6.92 Å². The molecule has 0 aromatic heterocycles. The van der Waals surface area contributed by atoms with Gasteiger partial charge in [-0.2, -0.15) is 0 Å². The summed E-state index contributed by atoms with van der Waals surface area (Å²) in [6, 6.07) is 18.1. The monoisotopic (exact) mass is 343 g/mol. The molecule has 3 aromatic rings. The Balaban J connectivity index is 2.04. The zero-order chi connectivity index (χ0) is 18.7. The van der Waals surface area contributed by atoms with Gasteiger partial charge < -0.3 is 5.73 Å². The van der Waals surface area contributed by atoms with E-state index in [0.717, 1.165) is 12.8 Å². The molecule has 0 saturated carbocycles. The minimum Gasteiger partial charge on any atom is -0.321 e. The van der Waals surface area contributed by atoms with Crippen molar-refractivity contribution in [1.82, 2.24) is 0 Å². The molecule has 1 nitrogen and oxygen atoms in total. The van der Waals surface area contributed by atoms with Crippen LogP contribution < -0.4 is 5.73 Å². The number of benzene rings is 3. The number of aryl methyl sites for hydroxylation is 1. The van der Waals surface area contributed by atoms with Gasteiger partial charge >= 0.3 is 0 Å². The van der Waals surface area contributed by atoms with Gasteiger partial charge in [0.1, 0.15) is 0 Å². The van der Waals surface area contributed by atoms with E-state index in [2.05, 4.69) is 83.1 Å². The molecule has 0 spiro atoms. The molecule has 0 heterocycles. The Labute approximate surface area is 157 Å². The van der Waals surface area contributed by atoms with Crippen LogP contribution in [0.4, 0.5) is 0 Å². The molecular weight excluding hydrogens is 314 g/mol. The van der Waals surface area contributed by atoms with E-state index in [-0.39, 0.29) is 11.0 Å². The molecule has 0 aliphatic heterocycles. The SMILES string of the molecule is CCC(N)(CC)c1ccc2c(c1)C(C)(C)c1cc(C)c3ccccc3c1-2. The summed E-state index contributed by atoms with van der Waals surface area (Å²) in [7, 11) is 0. The quantitative estimate of drug-likeness (QED) is 0.582. The number of hydrogen-bond acceptors (Lipinski definition) is 1. The van der Waals surface area contributed by atoms with Crippen LogP contribution in [-0.4, -0.2) is 0 Å². The van der Waals surface area contributed by atoms with Crippen LogP contribution in [0.3, 0.4) is 0 Å². The van der Waals surface area contributed by atoms with Crippen LogP contribution in [-0.2, 0) is 11.0 Å². The maximum atomic E-state index is 6.72. The highest BCUT2D eigenvalue weighted by atomic mass is 14.7. The van der Waals surface area contributed by atoms with Crippen molar-refractivity contribution in [2.75, 3.05) is 0 Å². The maximum absolute atomic E-state index is 6.72. The van der Waals surface area contributed by atoms with Crippen LogP contribution in [0.1, 0.15) is 62.8 Å². The highest BCUT2D eigenvalue weighted by Gasteiger charge is 2.38. The van der Waals surface area contributed by atoms with E-state index in [9.17, 15) is 0 Å². The largest absolute Gasteiger partial charge is 0.321 e. The van der Waals surface area contributed by atoms with Crippen molar-refractivity contribution >= 4 is 10.8 Å². The van der Waals surface area contributed by atoms with E-state index < -0.39 is 0 Å². The minimum atomic E-state index is -0.238. The molecule has 134 valence electrons. The first-order valence-electron chi connectivity index (χ1n) is 9.80. The summed E-state index contributed by atoms with van der Waals surface area (Å²) in [4.78, 5) is 0. The molecular formula is C25H29N. The third kappa shape index (κ3) is 2.20. The van der Waals surface area contributed by atoms with E-state index in [1.54, 1.807) is 0 Å². The Kier molecular flexibility index (Phi) is 3.79. The summed E-state index contributed by atoms with van der Waals surface area (Å²) in [6.07, 6.45) is 1.91. The van der Waals surface area contributed by atoms with Crippen molar-refractivity contribution < 1.29 is 0 Å². The predicted octanol–water partition coefficient (Wildman–Crippen LogP) is 6.43. The normalized spacial score (nSPS) is 15.2. The van der Waals surface area contributed by atoms with Gasteiger partial charge in [-0.25, -0.2) is 0 Å². The van der Waals surface area contributed by atoms with Gasteiger partial charge in [0.05, 0.1) is 0 Å². The van der Waals surface area contributed by atoms with Gasteiger partial charge in [-0.1, -0.05) is 76.2 Å². The molecule has 3 aromatic carbocycles. The lowest BCUT2D eigenvalue weighted by Gasteiger charge is -2.29. The van der Waals surface area contributed by atoms with E-state index in [0.29, 0.717) is 0 Å². The first-order valence-corrected chi connectivity index (χ1v) is 9.80. The molecule has 2 N–H and O–H groups in total. The number of fused-ring (bicyclic) bond motifs is 5. The Morgan fingerprint density at radius 3 is 2.19 bits per heavy atom. The van der Waals surface area contributed by atoms with Crippen LogP contribution in [0.15, 0.2) is 48.5 Å². The second kappa shape index (κ2) is 5.69. The van der Waals surface area contributed by atoms with Gasteiger partial charge in [0.2, 0.25) is 0 Å². The van der Waals surface area contributed by atoms with Gasteiger partial charge in [-0.05, 0) is 63.9 Å². The van der Waals surface area contributed by atoms with Crippen LogP contribution in [0.25, 0.3) is 21.9 Å². The number of nitrogens with two attached hydrogens (primary N) is 1. The lowest BCUT2D eigenvalue weighted by atomic mass is 9.78. The molecule has 0 saturated heterocycles. The fraction of sp³-hybridized carbons (Fsp3) is 0.360. The molecule has 0 radical (unpaired) electrons. The van der Waals surface area contributed by atoms with Crippen molar-refractivity contribution in [2.45, 2.75) is 58.4 Å². The number of rotatable bonds is 3. The number of hydrogen-bond donors (Lipinski definition) is 1. The molecule has 26 heavy (non-hydrogen) atoms. The van der Waals surface area contributed by atoms with Crippen molar-refractivity contribution in [3.63, 3.8) is 0 Å². The molecule has 0 atom stereocenters. The summed E-state index contributed by atoms with van der Waals surface area (Å²) in [6.45, 7) is 11.3. The molecule has 1 aliphatic carbocycles. The lowest BCUT2D eigenvalue weighted by Crippen LogP contribution is -2.35. The van der Waals surface area contributed by atoms with Crippen molar-refractivity contribution in [3.05, 3.63) is 70.8 Å². The molecule has 4 rings (SSSR count). The van der Waals surface area contributed by atoms with Gasteiger partial charge in [0.15, 0.2) is 0 Å². The molecule has 0 fully saturated rings. The van der Waals surface area contributed by atoms with Gasteiger partial charge in [0.25, 0.3) is 0 Å². The molecule has 0 unspecified atom stereocenters. The van der Waals surface area contributed by atoms with E-state index >= 15 is 0 Å². The molecule has 1 aliphatic rings. The standard InChI is InChI=1S/C25H29N/c1-6-25(26,7-2)17-12-13-20-21(15-17)24(4,5)22-14-16(3)18-10-8-9-11-19(18)23(20)22/h8-15H,6-7,26H2,1-5H3. The fourth-order valence-electron chi connectivity index (χ4n) is 4.73. The predicted molar refractivity (Wildman–Crippen MR) is 113 cm³/mol. The third-order valence-electron chi connectivity index (χ3n) is 6.72. The van der Waals surface area contributed by atoms with E-state index in [4.69, 9.17) is 5.73 Å². The summed E-state index contributed by atoms with van der Waals surface area (Å²) in [5, 5.41) is 2.72. The average molecular weight is 344 g/mol. The molecule has 0 amide bonds. The highest BCUT2D eigenvalue weighted by Crippen LogP contribution is 2.52. The van der Waals surface area contributed by atoms with E-state index in [1.165, 1.54) is 44.2 Å². The minimum absolute atomic E-state index is 0.00212. The van der Waals surface area contributed by atoms with Gasteiger partial charge in [-0.15, -0.1) is 0 Å². The topological polar surface area (TPSA) is 26.0 Å². The summed E-state index contributed by atoms with van der Waals surface area (Å²) >= 11 is 0. The third-order valence-corrected chi connectivity index (χ3v) is 6.72. The summed E-state index contributed by atoms with van der Waals surface area (Å²) < 4.78 is 0. The Hall–Kier alpha value is -2.12. The van der Waals surface area contributed by atoms with Crippen LogP contribution in [0.2, 0.25) is 0 Å². The zero-order valence-electron chi connectivity index (χ0n) is 16.6. The second-order valence-electron chi connectivity index (χ2n) is 8.41. The first kappa shape index (κ1) is 17.3. The summed E-state index contributed by atoms with van der Waals surface area (Å²) in [5.41, 5.74) is 14.7. The van der Waals surface area contributed by atoms with E-state index in [1.807, 2.05) is 0 Å². The Bertz CT molecular complexity index is 1010. The average Bonchev–Trinajstić information content (AvgIpc) is 2.88. The van der Waals surface area contributed by atoms with Gasteiger partial charge in [0, 0.05) is 11.0 Å². The van der Waals surface area contributed by atoms with Crippen molar-refractivity contribution in [1.29, 1.82) is 0 Å². The van der Waals surface area contributed by atoms with Gasteiger partial charge in [-0.3, -0.25) is 0 Å². The highest BCUT2D eigenvalue weighted by molar-refractivity contribution is 6.03. The fourth-order valence-corrected chi connectivity index (χ4v) is 4.73. The van der Waals surface area contributed by atoms with Crippen molar-refractivity contribution in [3.8, 4) is 11.1 Å². The second-order valence-corrected chi connectivity index (χ2v) is 8.41. The molecule has 1 heteroatoms. The summed E-state index contributed by atoms with van der Waals surface area (Å²) in [5.74, 6) is 0. The Morgan fingerprint density at radius 1 is 0.885 bits per heavy atom. The smallest absolute Gasteiger partial charge is 0.0404 e. The lowest BCUT2D eigenvalue weighted by molar-refractivity contribution is 0.412. The first-order chi connectivity index (χ1) is 12.3. The zero-order valence-corrected chi connectivity index (χ0v) is 16.6. The Morgan fingerprint density at radius 2 is 1.54 bits per heavy atom. The van der Waals surface area contributed by atoms with Crippen LogP contribution >= 0.6 is 0 Å². The maximum Gasteiger partial charge on any atom is 0.0404 e. The molecule has 0 bridgehead atoms.